The van der Waals surface area contributed by atoms with E-state index in [2.05, 4.69) is 50.4 Å². The van der Waals surface area contributed by atoms with E-state index in [1.807, 2.05) is 36.6 Å². The number of carbonyl (C=O) groups excluding carboxylic acids is 2. The average molecular weight is 480 g/mol. The molecule has 1 aromatic heterocycles. The highest BCUT2D eigenvalue weighted by atomic mass is 32.1. The van der Waals surface area contributed by atoms with Crippen LogP contribution >= 0.6 is 11.3 Å². The van der Waals surface area contributed by atoms with Crippen LogP contribution in [0.15, 0.2) is 53.9 Å². The van der Waals surface area contributed by atoms with Gasteiger partial charge in [-0.1, -0.05) is 57.2 Å². The number of aryl methyl sites for hydroxylation is 1. The first-order chi connectivity index (χ1) is 16.2. The van der Waals surface area contributed by atoms with Crippen LogP contribution < -0.4 is 10.1 Å². The standard InChI is InChI=1S/C28H33NO4S/c1-6-32-22-15-11-20(12-16-22)23-18-34-26(25(23)27(31)33-7-2)29-24(30)17-10-19-8-13-21(14-9-19)28(3,4)5/h8-9,11-16,18H,6-7,10,17H2,1-5H3,(H,29,30). The maximum absolute atomic E-state index is 12.8. The maximum Gasteiger partial charge on any atom is 0.341 e. The van der Waals surface area contributed by atoms with Crippen molar-refractivity contribution < 1.29 is 19.1 Å². The molecule has 34 heavy (non-hydrogen) atoms. The third kappa shape index (κ3) is 6.48. The number of hydrogen-bond donors (Lipinski definition) is 1. The molecular weight excluding hydrogens is 446 g/mol. The molecule has 0 saturated heterocycles. The number of anilines is 1. The van der Waals surface area contributed by atoms with E-state index >= 15 is 0 Å². The molecule has 0 aliphatic carbocycles. The van der Waals surface area contributed by atoms with Crippen LogP contribution in [-0.4, -0.2) is 25.1 Å². The predicted octanol–water partition coefficient (Wildman–Crippen LogP) is 6.86. The SMILES string of the molecule is CCOC(=O)c1c(-c2ccc(OCC)cc2)csc1NC(=O)CCc1ccc(C(C)(C)C)cc1. The first-order valence-corrected chi connectivity index (χ1v) is 12.5. The number of carbonyl (C=O) groups is 2. The Morgan fingerprint density at radius 1 is 0.941 bits per heavy atom. The third-order valence-electron chi connectivity index (χ3n) is 5.46. The summed E-state index contributed by atoms with van der Waals surface area (Å²) < 4.78 is 10.8. The van der Waals surface area contributed by atoms with Gasteiger partial charge in [0.1, 0.15) is 16.3 Å². The van der Waals surface area contributed by atoms with Gasteiger partial charge < -0.3 is 14.8 Å². The van der Waals surface area contributed by atoms with E-state index in [-0.39, 0.29) is 17.9 Å². The van der Waals surface area contributed by atoms with Crippen molar-refractivity contribution in [2.75, 3.05) is 18.5 Å². The summed E-state index contributed by atoms with van der Waals surface area (Å²) in [5.41, 5.74) is 4.45. The van der Waals surface area contributed by atoms with Gasteiger partial charge in [0.15, 0.2) is 0 Å². The van der Waals surface area contributed by atoms with Crippen molar-refractivity contribution in [3.8, 4) is 16.9 Å². The van der Waals surface area contributed by atoms with Gasteiger partial charge in [0.2, 0.25) is 5.91 Å². The molecule has 1 N–H and O–H groups in total. The smallest absolute Gasteiger partial charge is 0.341 e. The summed E-state index contributed by atoms with van der Waals surface area (Å²) in [4.78, 5) is 25.5. The molecule has 0 aliphatic heterocycles. The molecule has 2 aromatic carbocycles. The lowest BCUT2D eigenvalue weighted by molar-refractivity contribution is -0.116. The Bertz CT molecular complexity index is 1110. The molecule has 0 atom stereocenters. The lowest BCUT2D eigenvalue weighted by Gasteiger charge is -2.19. The highest BCUT2D eigenvalue weighted by Crippen LogP contribution is 2.37. The summed E-state index contributed by atoms with van der Waals surface area (Å²) in [6.07, 6.45) is 0.954. The van der Waals surface area contributed by atoms with Crippen LogP contribution in [0.25, 0.3) is 11.1 Å². The summed E-state index contributed by atoms with van der Waals surface area (Å²) in [5, 5.41) is 5.32. The van der Waals surface area contributed by atoms with Crippen molar-refractivity contribution in [3.05, 3.63) is 70.6 Å². The minimum atomic E-state index is -0.444. The van der Waals surface area contributed by atoms with E-state index in [4.69, 9.17) is 9.47 Å². The first-order valence-electron chi connectivity index (χ1n) is 11.6. The lowest BCUT2D eigenvalue weighted by Crippen LogP contribution is -2.15. The fraction of sp³-hybridized carbons (Fsp3) is 0.357. The van der Waals surface area contributed by atoms with E-state index in [0.717, 1.165) is 22.4 Å². The molecule has 5 nitrogen and oxygen atoms in total. The summed E-state index contributed by atoms with van der Waals surface area (Å²) in [7, 11) is 0. The van der Waals surface area contributed by atoms with Gasteiger partial charge >= 0.3 is 5.97 Å². The van der Waals surface area contributed by atoms with Gasteiger partial charge in [0.25, 0.3) is 0 Å². The van der Waals surface area contributed by atoms with Gasteiger partial charge in [0, 0.05) is 17.4 Å². The Hall–Kier alpha value is -3.12. The van der Waals surface area contributed by atoms with Gasteiger partial charge in [-0.15, -0.1) is 11.3 Å². The van der Waals surface area contributed by atoms with Crippen LogP contribution in [0.4, 0.5) is 5.00 Å². The Morgan fingerprint density at radius 3 is 2.21 bits per heavy atom. The second kappa shape index (κ2) is 11.3. The van der Waals surface area contributed by atoms with Gasteiger partial charge in [-0.25, -0.2) is 4.79 Å². The zero-order valence-electron chi connectivity index (χ0n) is 20.6. The maximum atomic E-state index is 12.8. The quantitative estimate of drug-likeness (QED) is 0.341. The van der Waals surface area contributed by atoms with Gasteiger partial charge in [-0.2, -0.15) is 0 Å². The zero-order valence-corrected chi connectivity index (χ0v) is 21.4. The number of amides is 1. The molecular formula is C28H33NO4S. The number of thiophene rings is 1. The number of hydrogen-bond acceptors (Lipinski definition) is 5. The molecule has 0 unspecified atom stereocenters. The molecule has 0 saturated carbocycles. The Kier molecular flexibility index (Phi) is 8.51. The monoisotopic (exact) mass is 479 g/mol. The summed E-state index contributed by atoms with van der Waals surface area (Å²) >= 11 is 1.33. The minimum Gasteiger partial charge on any atom is -0.494 e. The van der Waals surface area contributed by atoms with Crippen LogP contribution in [0.2, 0.25) is 0 Å². The molecule has 0 spiro atoms. The summed E-state index contributed by atoms with van der Waals surface area (Å²) in [6, 6.07) is 15.9. The first kappa shape index (κ1) is 25.5. The third-order valence-corrected chi connectivity index (χ3v) is 6.36. The van der Waals surface area contributed by atoms with Gasteiger partial charge in [0.05, 0.1) is 13.2 Å². The van der Waals surface area contributed by atoms with Crippen LogP contribution in [0.1, 0.15) is 62.5 Å². The van der Waals surface area contributed by atoms with Gasteiger partial charge in [-0.05, 0) is 54.5 Å². The fourth-order valence-electron chi connectivity index (χ4n) is 3.58. The number of esters is 1. The zero-order chi connectivity index (χ0) is 24.7. The molecule has 6 heteroatoms. The Morgan fingerprint density at radius 2 is 1.62 bits per heavy atom. The second-order valence-corrected chi connectivity index (χ2v) is 9.91. The molecule has 0 radical (unpaired) electrons. The topological polar surface area (TPSA) is 64.6 Å². The number of rotatable bonds is 9. The predicted molar refractivity (Wildman–Crippen MR) is 139 cm³/mol. The fourth-order valence-corrected chi connectivity index (χ4v) is 4.56. The van der Waals surface area contributed by atoms with Crippen LogP contribution in [0.5, 0.6) is 5.75 Å². The molecule has 0 aliphatic rings. The summed E-state index contributed by atoms with van der Waals surface area (Å²) in [5.74, 6) is 0.189. The van der Waals surface area contributed by atoms with E-state index in [9.17, 15) is 9.59 Å². The van der Waals surface area contributed by atoms with Crippen molar-refractivity contribution in [2.24, 2.45) is 0 Å². The van der Waals surface area contributed by atoms with E-state index in [1.165, 1.54) is 16.9 Å². The minimum absolute atomic E-state index is 0.0969. The molecule has 180 valence electrons. The largest absolute Gasteiger partial charge is 0.494 e. The number of nitrogens with one attached hydrogen (secondary N) is 1. The van der Waals surface area contributed by atoms with E-state index < -0.39 is 5.97 Å². The highest BCUT2D eigenvalue weighted by Gasteiger charge is 2.23. The second-order valence-electron chi connectivity index (χ2n) is 9.03. The molecule has 1 amide bonds. The number of benzene rings is 2. The van der Waals surface area contributed by atoms with Crippen molar-refractivity contribution in [3.63, 3.8) is 0 Å². The van der Waals surface area contributed by atoms with Crippen LogP contribution in [0, 0.1) is 0 Å². The van der Waals surface area contributed by atoms with Crippen molar-refractivity contribution >= 4 is 28.2 Å². The Balaban J connectivity index is 1.74. The van der Waals surface area contributed by atoms with Crippen molar-refractivity contribution in [1.29, 1.82) is 0 Å². The van der Waals surface area contributed by atoms with E-state index in [1.54, 1.807) is 6.92 Å². The Labute approximate surface area is 206 Å². The highest BCUT2D eigenvalue weighted by molar-refractivity contribution is 7.15. The summed E-state index contributed by atoms with van der Waals surface area (Å²) in [6.45, 7) is 11.1. The number of ether oxygens (including phenoxy) is 2. The van der Waals surface area contributed by atoms with E-state index in [0.29, 0.717) is 30.0 Å². The normalized spacial score (nSPS) is 11.2. The molecule has 3 rings (SSSR count). The van der Waals surface area contributed by atoms with Gasteiger partial charge in [-0.3, -0.25) is 4.79 Å². The van der Waals surface area contributed by atoms with Crippen molar-refractivity contribution in [2.45, 2.75) is 52.9 Å². The molecule has 0 fully saturated rings. The molecule has 1 heterocycles. The van der Waals surface area contributed by atoms with Crippen molar-refractivity contribution in [1.82, 2.24) is 0 Å². The molecule has 3 aromatic rings. The average Bonchev–Trinajstić information content (AvgIpc) is 3.22. The van der Waals surface area contributed by atoms with Crippen LogP contribution in [0.3, 0.4) is 0 Å². The van der Waals surface area contributed by atoms with Crippen LogP contribution in [-0.2, 0) is 21.4 Å². The molecule has 0 bridgehead atoms. The lowest BCUT2D eigenvalue weighted by atomic mass is 9.86.